The second kappa shape index (κ2) is 8.53. The first-order chi connectivity index (χ1) is 12.0. The molecular formula is C18H21NO5S. The average Bonchev–Trinajstić information content (AvgIpc) is 3.07. The maximum absolute atomic E-state index is 12.3. The zero-order chi connectivity index (χ0) is 18.4. The molecule has 0 saturated heterocycles. The molecule has 0 radical (unpaired) electrons. The van der Waals surface area contributed by atoms with Crippen LogP contribution in [0.2, 0.25) is 0 Å². The second-order valence-electron chi connectivity index (χ2n) is 5.24. The lowest BCUT2D eigenvalue weighted by Gasteiger charge is -2.17. The van der Waals surface area contributed by atoms with E-state index >= 15 is 0 Å². The van der Waals surface area contributed by atoms with Crippen LogP contribution in [0.25, 0.3) is 0 Å². The summed E-state index contributed by atoms with van der Waals surface area (Å²) in [5, 5.41) is 11.8. The molecule has 2 aromatic rings. The molecule has 25 heavy (non-hydrogen) atoms. The molecule has 1 heterocycles. The first kappa shape index (κ1) is 18.8. The molecule has 1 aromatic carbocycles. The van der Waals surface area contributed by atoms with Gasteiger partial charge in [-0.05, 0) is 50.6 Å². The summed E-state index contributed by atoms with van der Waals surface area (Å²) in [7, 11) is 0. The number of carboxylic acids is 1. The van der Waals surface area contributed by atoms with E-state index in [4.69, 9.17) is 14.6 Å². The minimum absolute atomic E-state index is 0.137. The highest BCUT2D eigenvalue weighted by molar-refractivity contribution is 7.15. The number of nitrogens with one attached hydrogen (secondary N) is 1. The lowest BCUT2D eigenvalue weighted by Crippen LogP contribution is -2.25. The van der Waals surface area contributed by atoms with Crippen molar-refractivity contribution in [2.24, 2.45) is 0 Å². The van der Waals surface area contributed by atoms with Gasteiger partial charge in [0.1, 0.15) is 4.88 Å². The van der Waals surface area contributed by atoms with Crippen LogP contribution in [-0.2, 0) is 0 Å². The molecule has 0 aliphatic heterocycles. The van der Waals surface area contributed by atoms with E-state index in [1.54, 1.807) is 0 Å². The summed E-state index contributed by atoms with van der Waals surface area (Å²) in [5.41, 5.74) is 0.871. The number of carbonyl (C=O) groups is 2. The number of carbonyl (C=O) groups excluding carboxylic acids is 1. The molecule has 134 valence electrons. The van der Waals surface area contributed by atoms with Gasteiger partial charge in [-0.1, -0.05) is 6.07 Å². The largest absolute Gasteiger partial charge is 0.490 e. The van der Waals surface area contributed by atoms with Gasteiger partial charge >= 0.3 is 5.97 Å². The molecule has 1 aromatic heterocycles. The average molecular weight is 363 g/mol. The van der Waals surface area contributed by atoms with Crippen molar-refractivity contribution in [2.75, 3.05) is 13.2 Å². The van der Waals surface area contributed by atoms with Crippen LogP contribution >= 0.6 is 11.3 Å². The molecule has 6 nitrogen and oxygen atoms in total. The Morgan fingerprint density at radius 2 is 1.72 bits per heavy atom. The van der Waals surface area contributed by atoms with Crippen LogP contribution in [0.3, 0.4) is 0 Å². The van der Waals surface area contributed by atoms with Crippen LogP contribution in [0.1, 0.15) is 51.7 Å². The molecular weight excluding hydrogens is 342 g/mol. The second-order valence-corrected chi connectivity index (χ2v) is 6.32. The van der Waals surface area contributed by atoms with Crippen molar-refractivity contribution >= 4 is 23.2 Å². The number of hydrogen-bond acceptors (Lipinski definition) is 5. The van der Waals surface area contributed by atoms with E-state index < -0.39 is 5.97 Å². The Bertz CT molecular complexity index is 756. The van der Waals surface area contributed by atoms with Crippen LogP contribution < -0.4 is 14.8 Å². The number of rotatable bonds is 8. The SMILES string of the molecule is CCOc1ccc(C(C)NC(=O)c2ccc(C(=O)O)s2)cc1OCC. The van der Waals surface area contributed by atoms with Crippen molar-refractivity contribution in [3.8, 4) is 11.5 Å². The van der Waals surface area contributed by atoms with Gasteiger partial charge in [-0.2, -0.15) is 0 Å². The Kier molecular flexibility index (Phi) is 6.41. The van der Waals surface area contributed by atoms with Crippen LogP contribution in [0.4, 0.5) is 0 Å². The standard InChI is InChI=1S/C18H21NO5S/c1-4-23-13-7-6-12(10-14(13)24-5-2)11(3)19-17(20)15-8-9-16(25-15)18(21)22/h6-11H,4-5H2,1-3H3,(H,19,20)(H,21,22). The lowest BCUT2D eigenvalue weighted by molar-refractivity contribution is 0.0702. The Morgan fingerprint density at radius 3 is 2.32 bits per heavy atom. The summed E-state index contributed by atoms with van der Waals surface area (Å²) in [6.45, 7) is 6.70. The van der Waals surface area contributed by atoms with Crippen molar-refractivity contribution in [1.82, 2.24) is 5.32 Å². The smallest absolute Gasteiger partial charge is 0.345 e. The number of amides is 1. The predicted octanol–water partition coefficient (Wildman–Crippen LogP) is 3.73. The summed E-state index contributed by atoms with van der Waals surface area (Å²) >= 11 is 0.950. The van der Waals surface area contributed by atoms with Gasteiger partial charge in [0.2, 0.25) is 0 Å². The molecule has 2 rings (SSSR count). The first-order valence-electron chi connectivity index (χ1n) is 7.99. The maximum atomic E-state index is 12.3. The molecule has 1 atom stereocenters. The summed E-state index contributed by atoms with van der Waals surface area (Å²) < 4.78 is 11.1. The van der Waals surface area contributed by atoms with Gasteiger partial charge in [0, 0.05) is 0 Å². The van der Waals surface area contributed by atoms with E-state index in [-0.39, 0.29) is 16.8 Å². The Hall–Kier alpha value is -2.54. The highest BCUT2D eigenvalue weighted by atomic mass is 32.1. The topological polar surface area (TPSA) is 84.9 Å². The van der Waals surface area contributed by atoms with E-state index in [2.05, 4.69) is 5.32 Å². The van der Waals surface area contributed by atoms with Gasteiger partial charge in [-0.15, -0.1) is 11.3 Å². The molecule has 7 heteroatoms. The van der Waals surface area contributed by atoms with Crippen molar-refractivity contribution in [2.45, 2.75) is 26.8 Å². The van der Waals surface area contributed by atoms with Crippen molar-refractivity contribution in [3.05, 3.63) is 45.6 Å². The molecule has 0 aliphatic rings. The third kappa shape index (κ3) is 4.73. The Labute approximate surface area is 150 Å². The van der Waals surface area contributed by atoms with Gasteiger partial charge < -0.3 is 19.9 Å². The Balaban J connectivity index is 2.13. The van der Waals surface area contributed by atoms with Gasteiger partial charge in [0.25, 0.3) is 5.91 Å². The highest BCUT2D eigenvalue weighted by Crippen LogP contribution is 2.31. The zero-order valence-electron chi connectivity index (χ0n) is 14.4. The monoisotopic (exact) mass is 363 g/mol. The molecule has 2 N–H and O–H groups in total. The fourth-order valence-corrected chi connectivity index (χ4v) is 3.01. The van der Waals surface area contributed by atoms with Crippen LogP contribution in [0, 0.1) is 0 Å². The van der Waals surface area contributed by atoms with Crippen LogP contribution in [0.15, 0.2) is 30.3 Å². The normalized spacial score (nSPS) is 11.6. The van der Waals surface area contributed by atoms with Crippen molar-refractivity contribution in [1.29, 1.82) is 0 Å². The maximum Gasteiger partial charge on any atom is 0.345 e. The quantitative estimate of drug-likeness (QED) is 0.746. The Morgan fingerprint density at radius 1 is 1.08 bits per heavy atom. The fraction of sp³-hybridized carbons (Fsp3) is 0.333. The summed E-state index contributed by atoms with van der Waals surface area (Å²) in [5.74, 6) is -0.0509. The summed E-state index contributed by atoms with van der Waals surface area (Å²) in [6.07, 6.45) is 0. The summed E-state index contributed by atoms with van der Waals surface area (Å²) in [4.78, 5) is 23.7. The van der Waals surface area contributed by atoms with E-state index in [9.17, 15) is 9.59 Å². The predicted molar refractivity (Wildman–Crippen MR) is 95.9 cm³/mol. The molecule has 0 aliphatic carbocycles. The number of ether oxygens (including phenoxy) is 2. The molecule has 1 amide bonds. The van der Waals surface area contributed by atoms with Crippen molar-refractivity contribution in [3.63, 3.8) is 0 Å². The van der Waals surface area contributed by atoms with E-state index in [1.807, 2.05) is 39.0 Å². The van der Waals surface area contributed by atoms with E-state index in [1.165, 1.54) is 12.1 Å². The molecule has 0 bridgehead atoms. The fourth-order valence-electron chi connectivity index (χ4n) is 2.26. The van der Waals surface area contributed by atoms with Crippen LogP contribution in [-0.4, -0.2) is 30.2 Å². The minimum Gasteiger partial charge on any atom is -0.490 e. The minimum atomic E-state index is -1.04. The van der Waals surface area contributed by atoms with E-state index in [0.29, 0.717) is 29.6 Å². The number of hydrogen-bond donors (Lipinski definition) is 2. The summed E-state index contributed by atoms with van der Waals surface area (Å²) in [6, 6.07) is 8.21. The van der Waals surface area contributed by atoms with Gasteiger partial charge in [-0.25, -0.2) is 4.79 Å². The third-order valence-electron chi connectivity index (χ3n) is 3.46. The molecule has 0 saturated carbocycles. The zero-order valence-corrected chi connectivity index (χ0v) is 15.2. The van der Waals surface area contributed by atoms with Gasteiger partial charge in [-0.3, -0.25) is 4.79 Å². The van der Waals surface area contributed by atoms with Gasteiger partial charge in [0.15, 0.2) is 11.5 Å². The first-order valence-corrected chi connectivity index (χ1v) is 8.81. The number of benzene rings is 1. The van der Waals surface area contributed by atoms with Gasteiger partial charge in [0.05, 0.1) is 24.1 Å². The van der Waals surface area contributed by atoms with Crippen LogP contribution in [0.5, 0.6) is 11.5 Å². The van der Waals surface area contributed by atoms with E-state index in [0.717, 1.165) is 16.9 Å². The number of aromatic carboxylic acids is 1. The molecule has 0 fully saturated rings. The van der Waals surface area contributed by atoms with Crippen molar-refractivity contribution < 1.29 is 24.2 Å². The highest BCUT2D eigenvalue weighted by Gasteiger charge is 2.17. The molecule has 0 spiro atoms. The number of carboxylic acid groups (broad SMARTS) is 1. The molecule has 1 unspecified atom stereocenters. The lowest BCUT2D eigenvalue weighted by atomic mass is 10.1. The third-order valence-corrected chi connectivity index (χ3v) is 4.53. The number of thiophene rings is 1.